The lowest BCUT2D eigenvalue weighted by molar-refractivity contribution is -0.137. The lowest BCUT2D eigenvalue weighted by atomic mass is 10.1. The van der Waals surface area contributed by atoms with Crippen LogP contribution in [0.3, 0.4) is 0 Å². The van der Waals surface area contributed by atoms with Gasteiger partial charge >= 0.3 is 12.3 Å². The highest BCUT2D eigenvalue weighted by atomic mass is 19.4. The lowest BCUT2D eigenvalue weighted by Crippen LogP contribution is -2.26. The second-order valence-corrected chi connectivity index (χ2v) is 3.43. The molecular formula is C10H5F3N2O3. The smallest absolute Gasteiger partial charge is 0.419 e. The molecule has 5 nitrogen and oxygen atoms in total. The number of hydrogen-bond acceptors (Lipinski definition) is 3. The van der Waals surface area contributed by atoms with Gasteiger partial charge in [0.2, 0.25) is 0 Å². The SMILES string of the molecule is O=C(O)n1cnc2ccc(C(F)(F)F)cc2c1=O. The average molecular weight is 258 g/mol. The molecule has 1 aromatic carbocycles. The maximum Gasteiger partial charge on any atom is 0.419 e. The van der Waals surface area contributed by atoms with E-state index in [0.29, 0.717) is 6.07 Å². The summed E-state index contributed by atoms with van der Waals surface area (Å²) in [6.45, 7) is 0. The largest absolute Gasteiger partial charge is 0.464 e. The Morgan fingerprint density at radius 1 is 1.33 bits per heavy atom. The molecule has 8 heteroatoms. The van der Waals surface area contributed by atoms with Crippen LogP contribution in [0.2, 0.25) is 0 Å². The fourth-order valence-electron chi connectivity index (χ4n) is 1.43. The lowest BCUT2D eigenvalue weighted by Gasteiger charge is -2.07. The monoisotopic (exact) mass is 258 g/mol. The Kier molecular flexibility index (Phi) is 2.57. The fourth-order valence-corrected chi connectivity index (χ4v) is 1.43. The van der Waals surface area contributed by atoms with Gasteiger partial charge < -0.3 is 5.11 Å². The molecule has 2 aromatic rings. The van der Waals surface area contributed by atoms with E-state index in [-0.39, 0.29) is 10.1 Å². The molecule has 0 saturated carbocycles. The molecule has 0 spiro atoms. The van der Waals surface area contributed by atoms with Gasteiger partial charge in [0.15, 0.2) is 0 Å². The van der Waals surface area contributed by atoms with Gasteiger partial charge in [0.05, 0.1) is 16.5 Å². The third-order valence-electron chi connectivity index (χ3n) is 2.29. The van der Waals surface area contributed by atoms with Crippen LogP contribution >= 0.6 is 0 Å². The van der Waals surface area contributed by atoms with Crippen molar-refractivity contribution in [3.05, 3.63) is 40.4 Å². The standard InChI is InChI=1S/C10H5F3N2O3/c11-10(12,13)5-1-2-7-6(3-5)8(16)15(4-14-7)9(17)18/h1-4H,(H,17,18). The molecule has 0 aliphatic carbocycles. The molecule has 0 unspecified atom stereocenters. The zero-order valence-corrected chi connectivity index (χ0v) is 8.60. The molecule has 1 heterocycles. The molecule has 0 radical (unpaired) electrons. The average Bonchev–Trinajstić information content (AvgIpc) is 2.27. The Bertz CT molecular complexity index is 691. The van der Waals surface area contributed by atoms with E-state index in [9.17, 15) is 22.8 Å². The molecule has 0 bridgehead atoms. The number of aromatic nitrogens is 2. The van der Waals surface area contributed by atoms with Gasteiger partial charge in [-0.05, 0) is 18.2 Å². The molecule has 1 N–H and O–H groups in total. The summed E-state index contributed by atoms with van der Waals surface area (Å²) in [7, 11) is 0. The molecule has 18 heavy (non-hydrogen) atoms. The van der Waals surface area contributed by atoms with Crippen molar-refractivity contribution < 1.29 is 23.1 Å². The topological polar surface area (TPSA) is 72.2 Å². The van der Waals surface area contributed by atoms with Gasteiger partial charge in [-0.2, -0.15) is 13.2 Å². The number of benzene rings is 1. The first kappa shape index (κ1) is 12.1. The number of nitrogens with zero attached hydrogens (tertiary/aromatic N) is 2. The van der Waals surface area contributed by atoms with Gasteiger partial charge in [-0.25, -0.2) is 14.3 Å². The minimum Gasteiger partial charge on any atom is -0.464 e. The number of carboxylic acid groups (broad SMARTS) is 1. The molecule has 0 saturated heterocycles. The second kappa shape index (κ2) is 3.83. The highest BCUT2D eigenvalue weighted by Crippen LogP contribution is 2.30. The van der Waals surface area contributed by atoms with Crippen LogP contribution in [0.5, 0.6) is 0 Å². The summed E-state index contributed by atoms with van der Waals surface area (Å²) in [6, 6.07) is 2.38. The Morgan fingerprint density at radius 2 is 2.00 bits per heavy atom. The first-order valence-corrected chi connectivity index (χ1v) is 4.62. The van der Waals surface area contributed by atoms with E-state index in [2.05, 4.69) is 4.98 Å². The maximum atomic E-state index is 12.5. The van der Waals surface area contributed by atoms with Gasteiger partial charge in [-0.3, -0.25) is 4.79 Å². The molecular weight excluding hydrogens is 253 g/mol. The highest BCUT2D eigenvalue weighted by Gasteiger charge is 2.30. The van der Waals surface area contributed by atoms with E-state index in [1.54, 1.807) is 0 Å². The van der Waals surface area contributed by atoms with E-state index < -0.39 is 28.8 Å². The fraction of sp³-hybridized carbons (Fsp3) is 0.100. The minimum absolute atomic E-state index is 0.00509. The zero-order chi connectivity index (χ0) is 13.5. The maximum absolute atomic E-state index is 12.5. The van der Waals surface area contributed by atoms with Gasteiger partial charge in [0.25, 0.3) is 5.56 Å². The van der Waals surface area contributed by atoms with Crippen molar-refractivity contribution in [3.8, 4) is 0 Å². The van der Waals surface area contributed by atoms with E-state index in [0.717, 1.165) is 18.5 Å². The summed E-state index contributed by atoms with van der Waals surface area (Å²) in [5.74, 6) is 0. The predicted octanol–water partition coefficient (Wildman–Crippen LogP) is 1.94. The van der Waals surface area contributed by atoms with Gasteiger partial charge in [0.1, 0.15) is 6.33 Å². The first-order chi connectivity index (χ1) is 8.30. The van der Waals surface area contributed by atoms with Crippen LogP contribution in [-0.4, -0.2) is 20.8 Å². The summed E-state index contributed by atoms with van der Waals surface area (Å²) in [5.41, 5.74) is -2.08. The molecule has 94 valence electrons. The van der Waals surface area contributed by atoms with Gasteiger partial charge in [-0.1, -0.05) is 0 Å². The van der Waals surface area contributed by atoms with E-state index in [1.807, 2.05) is 0 Å². The number of halogens is 3. The van der Waals surface area contributed by atoms with Crippen molar-refractivity contribution >= 4 is 17.0 Å². The van der Waals surface area contributed by atoms with Gasteiger partial charge in [-0.15, -0.1) is 0 Å². The van der Waals surface area contributed by atoms with E-state index in [4.69, 9.17) is 5.11 Å². The minimum atomic E-state index is -4.61. The number of alkyl halides is 3. The van der Waals surface area contributed by atoms with Crippen LogP contribution in [-0.2, 0) is 6.18 Å². The Hall–Kier alpha value is -2.38. The summed E-state index contributed by atoms with van der Waals surface area (Å²) >= 11 is 0. The Morgan fingerprint density at radius 3 is 2.56 bits per heavy atom. The third-order valence-corrected chi connectivity index (χ3v) is 2.29. The second-order valence-electron chi connectivity index (χ2n) is 3.43. The van der Waals surface area contributed by atoms with Gasteiger partial charge in [0, 0.05) is 0 Å². The van der Waals surface area contributed by atoms with Crippen LogP contribution < -0.4 is 5.56 Å². The molecule has 0 fully saturated rings. The number of rotatable bonds is 0. The Labute approximate surface area is 97.1 Å². The van der Waals surface area contributed by atoms with Crippen LogP contribution in [0.4, 0.5) is 18.0 Å². The Balaban J connectivity index is 2.79. The van der Waals surface area contributed by atoms with Crippen LogP contribution in [0.15, 0.2) is 29.3 Å². The summed E-state index contributed by atoms with van der Waals surface area (Å²) in [4.78, 5) is 25.9. The van der Waals surface area contributed by atoms with Crippen molar-refractivity contribution in [2.45, 2.75) is 6.18 Å². The van der Waals surface area contributed by atoms with Crippen molar-refractivity contribution in [1.82, 2.24) is 9.55 Å². The normalized spacial score (nSPS) is 11.7. The summed E-state index contributed by atoms with van der Waals surface area (Å²) < 4.78 is 37.6. The van der Waals surface area contributed by atoms with E-state index in [1.165, 1.54) is 0 Å². The number of hydrogen-bond donors (Lipinski definition) is 1. The zero-order valence-electron chi connectivity index (χ0n) is 8.60. The van der Waals surface area contributed by atoms with Crippen LogP contribution in [0.25, 0.3) is 10.9 Å². The quantitative estimate of drug-likeness (QED) is 0.783. The van der Waals surface area contributed by atoms with Crippen molar-refractivity contribution in [2.75, 3.05) is 0 Å². The first-order valence-electron chi connectivity index (χ1n) is 4.62. The van der Waals surface area contributed by atoms with Crippen molar-refractivity contribution in [1.29, 1.82) is 0 Å². The number of carbonyl (C=O) groups is 1. The van der Waals surface area contributed by atoms with Crippen molar-refractivity contribution in [3.63, 3.8) is 0 Å². The number of fused-ring (bicyclic) bond motifs is 1. The van der Waals surface area contributed by atoms with Crippen LogP contribution in [0.1, 0.15) is 5.56 Å². The molecule has 0 aliphatic rings. The summed E-state index contributed by atoms with van der Waals surface area (Å²) in [5, 5.41) is 8.26. The van der Waals surface area contributed by atoms with Crippen molar-refractivity contribution in [2.24, 2.45) is 0 Å². The van der Waals surface area contributed by atoms with Crippen LogP contribution in [0, 0.1) is 0 Å². The molecule has 0 aliphatic heterocycles. The third kappa shape index (κ3) is 1.92. The molecule has 1 aromatic heterocycles. The summed E-state index contributed by atoms with van der Waals surface area (Å²) in [6.07, 6.45) is -5.46. The predicted molar refractivity (Wildman–Crippen MR) is 54.4 cm³/mol. The molecule has 0 amide bonds. The highest BCUT2D eigenvalue weighted by molar-refractivity contribution is 5.81. The molecule has 2 rings (SSSR count). The van der Waals surface area contributed by atoms with E-state index >= 15 is 0 Å². The molecule has 0 atom stereocenters.